The number of fused-ring (bicyclic) bond motifs is 1. The highest BCUT2D eigenvalue weighted by molar-refractivity contribution is 6.02. The SMILES string of the molecule is COc1cccc(NC(=O)[C@H]2[C@H]3C=C[C@@]4(O3)[C@H]2C(=O)N(Cc2ccc(C)cc2)[C@@H]4C(=O)N[C@H]2CCCC[C@@H]2C)c1. The molecule has 210 valence electrons. The Morgan fingerprint density at radius 2 is 1.88 bits per heavy atom. The Balaban J connectivity index is 1.32. The van der Waals surface area contributed by atoms with Crippen LogP contribution in [-0.4, -0.2) is 53.5 Å². The number of rotatable bonds is 7. The van der Waals surface area contributed by atoms with Gasteiger partial charge in [-0.05, 0) is 43.4 Å². The van der Waals surface area contributed by atoms with Gasteiger partial charge in [0, 0.05) is 24.3 Å². The number of ether oxygens (including phenoxy) is 2. The van der Waals surface area contributed by atoms with Crippen LogP contribution in [-0.2, 0) is 25.7 Å². The lowest BCUT2D eigenvalue weighted by Crippen LogP contribution is -2.57. The third-order valence-corrected chi connectivity index (χ3v) is 9.17. The molecule has 8 nitrogen and oxygen atoms in total. The van der Waals surface area contributed by atoms with Crippen LogP contribution in [0.3, 0.4) is 0 Å². The molecule has 3 heterocycles. The molecular formula is C32H37N3O5. The van der Waals surface area contributed by atoms with E-state index in [2.05, 4.69) is 17.6 Å². The van der Waals surface area contributed by atoms with Crippen LogP contribution in [0.25, 0.3) is 0 Å². The fourth-order valence-electron chi connectivity index (χ4n) is 7.05. The first-order valence-electron chi connectivity index (χ1n) is 14.3. The van der Waals surface area contributed by atoms with Gasteiger partial charge < -0.3 is 25.0 Å². The smallest absolute Gasteiger partial charge is 0.246 e. The number of anilines is 1. The fourth-order valence-corrected chi connectivity index (χ4v) is 7.05. The number of benzene rings is 2. The van der Waals surface area contributed by atoms with E-state index in [1.807, 2.05) is 43.3 Å². The maximum Gasteiger partial charge on any atom is 0.246 e. The van der Waals surface area contributed by atoms with Gasteiger partial charge >= 0.3 is 0 Å². The lowest BCUT2D eigenvalue weighted by molar-refractivity contribution is -0.142. The normalized spacial score (nSPS) is 32.2. The zero-order valence-electron chi connectivity index (χ0n) is 23.3. The van der Waals surface area contributed by atoms with Crippen LogP contribution in [0, 0.1) is 24.7 Å². The monoisotopic (exact) mass is 543 g/mol. The Labute approximate surface area is 235 Å². The Bertz CT molecular complexity index is 1340. The molecule has 7 atom stereocenters. The van der Waals surface area contributed by atoms with Crippen molar-refractivity contribution in [2.75, 3.05) is 12.4 Å². The van der Waals surface area contributed by atoms with Crippen molar-refractivity contribution in [1.82, 2.24) is 10.2 Å². The molecule has 2 saturated heterocycles. The molecule has 1 spiro atoms. The molecule has 2 aromatic rings. The van der Waals surface area contributed by atoms with E-state index in [-0.39, 0.29) is 30.3 Å². The highest BCUT2D eigenvalue weighted by Crippen LogP contribution is 2.55. The van der Waals surface area contributed by atoms with Crippen molar-refractivity contribution < 1.29 is 23.9 Å². The molecule has 3 fully saturated rings. The third kappa shape index (κ3) is 4.48. The van der Waals surface area contributed by atoms with Crippen LogP contribution in [0.1, 0.15) is 43.7 Å². The zero-order chi connectivity index (χ0) is 28.0. The molecule has 1 saturated carbocycles. The summed E-state index contributed by atoms with van der Waals surface area (Å²) < 4.78 is 11.8. The van der Waals surface area contributed by atoms with Crippen molar-refractivity contribution in [3.05, 3.63) is 71.8 Å². The number of nitrogens with one attached hydrogen (secondary N) is 2. The summed E-state index contributed by atoms with van der Waals surface area (Å²) in [4.78, 5) is 43.6. The second kappa shape index (κ2) is 10.4. The third-order valence-electron chi connectivity index (χ3n) is 9.17. The predicted octanol–water partition coefficient (Wildman–Crippen LogP) is 3.99. The highest BCUT2D eigenvalue weighted by atomic mass is 16.5. The predicted molar refractivity (Wildman–Crippen MR) is 150 cm³/mol. The van der Waals surface area contributed by atoms with E-state index in [1.165, 1.54) is 6.42 Å². The van der Waals surface area contributed by atoms with Crippen molar-refractivity contribution in [2.24, 2.45) is 17.8 Å². The van der Waals surface area contributed by atoms with E-state index in [0.29, 0.717) is 17.4 Å². The van der Waals surface area contributed by atoms with Gasteiger partial charge in [0.2, 0.25) is 17.7 Å². The van der Waals surface area contributed by atoms with Crippen molar-refractivity contribution in [1.29, 1.82) is 0 Å². The molecule has 2 N–H and O–H groups in total. The number of aryl methyl sites for hydroxylation is 1. The van der Waals surface area contributed by atoms with Crippen LogP contribution >= 0.6 is 0 Å². The number of hydrogen-bond acceptors (Lipinski definition) is 5. The second-order valence-electron chi connectivity index (χ2n) is 11.8. The number of likely N-dealkylation sites (tertiary alicyclic amines) is 1. The van der Waals surface area contributed by atoms with E-state index in [1.54, 1.807) is 36.3 Å². The van der Waals surface area contributed by atoms with Crippen molar-refractivity contribution in [3.8, 4) is 5.75 Å². The Kier molecular flexibility index (Phi) is 6.90. The van der Waals surface area contributed by atoms with E-state index in [0.717, 1.165) is 30.4 Å². The van der Waals surface area contributed by atoms with Crippen LogP contribution in [0.15, 0.2) is 60.7 Å². The Morgan fingerprint density at radius 3 is 2.62 bits per heavy atom. The van der Waals surface area contributed by atoms with Crippen LogP contribution in [0.4, 0.5) is 5.69 Å². The summed E-state index contributed by atoms with van der Waals surface area (Å²) in [6, 6.07) is 14.3. The van der Waals surface area contributed by atoms with E-state index < -0.39 is 29.6 Å². The molecule has 8 heteroatoms. The second-order valence-corrected chi connectivity index (χ2v) is 11.8. The molecule has 3 aliphatic heterocycles. The topological polar surface area (TPSA) is 97.0 Å². The van der Waals surface area contributed by atoms with Gasteiger partial charge in [-0.25, -0.2) is 0 Å². The van der Waals surface area contributed by atoms with Gasteiger partial charge in [-0.2, -0.15) is 0 Å². The number of carbonyl (C=O) groups is 3. The maximum atomic E-state index is 14.2. The largest absolute Gasteiger partial charge is 0.497 e. The lowest BCUT2D eigenvalue weighted by atomic mass is 9.74. The zero-order valence-corrected chi connectivity index (χ0v) is 23.3. The summed E-state index contributed by atoms with van der Waals surface area (Å²) in [5.74, 6) is -1.30. The van der Waals surface area contributed by atoms with Crippen molar-refractivity contribution in [3.63, 3.8) is 0 Å². The summed E-state index contributed by atoms with van der Waals surface area (Å²) >= 11 is 0. The first-order valence-corrected chi connectivity index (χ1v) is 14.3. The summed E-state index contributed by atoms with van der Waals surface area (Å²) in [6.07, 6.45) is 7.36. The van der Waals surface area contributed by atoms with E-state index >= 15 is 0 Å². The molecule has 1 aliphatic carbocycles. The standard InChI is InChI=1S/C32H37N3O5/c1-19-11-13-21(14-12-19)18-35-28(30(37)34-24-10-5-4-7-20(24)2)32-16-15-25(40-32)26(27(32)31(35)38)29(36)33-22-8-6-9-23(17-22)39-3/h6,8-9,11-17,20,24-28H,4-5,7,10,18H2,1-3H3,(H,33,36)(H,34,37)/t20-,24-,25+,26-,27+,28+,32+/m0/s1. The number of amides is 3. The Hall–Kier alpha value is -3.65. The molecule has 6 rings (SSSR count). The van der Waals surface area contributed by atoms with Gasteiger partial charge in [-0.15, -0.1) is 0 Å². The van der Waals surface area contributed by atoms with Gasteiger partial charge in [-0.1, -0.05) is 67.8 Å². The number of nitrogens with zero attached hydrogens (tertiary/aromatic N) is 1. The van der Waals surface area contributed by atoms with Crippen LogP contribution in [0.5, 0.6) is 5.75 Å². The maximum absolute atomic E-state index is 14.2. The lowest BCUT2D eigenvalue weighted by Gasteiger charge is -2.36. The minimum Gasteiger partial charge on any atom is -0.497 e. The van der Waals surface area contributed by atoms with Crippen LogP contribution in [0.2, 0.25) is 0 Å². The molecule has 2 bridgehead atoms. The van der Waals surface area contributed by atoms with E-state index in [4.69, 9.17) is 9.47 Å². The van der Waals surface area contributed by atoms with E-state index in [9.17, 15) is 14.4 Å². The minimum absolute atomic E-state index is 0.0581. The first-order chi connectivity index (χ1) is 19.3. The number of methoxy groups -OCH3 is 1. The summed E-state index contributed by atoms with van der Waals surface area (Å²) in [7, 11) is 1.57. The van der Waals surface area contributed by atoms with Gasteiger partial charge in [0.1, 0.15) is 17.4 Å². The van der Waals surface area contributed by atoms with Gasteiger partial charge in [0.25, 0.3) is 0 Å². The Morgan fingerprint density at radius 1 is 1.10 bits per heavy atom. The minimum atomic E-state index is -1.19. The van der Waals surface area contributed by atoms with Gasteiger partial charge in [-0.3, -0.25) is 14.4 Å². The summed E-state index contributed by atoms with van der Waals surface area (Å²) in [6.45, 7) is 4.45. The fraction of sp³-hybridized carbons (Fsp3) is 0.469. The summed E-state index contributed by atoms with van der Waals surface area (Å²) in [5.41, 5.74) is 1.43. The molecule has 0 radical (unpaired) electrons. The quantitative estimate of drug-likeness (QED) is 0.515. The number of hydrogen-bond donors (Lipinski definition) is 2. The highest BCUT2D eigenvalue weighted by Gasteiger charge is 2.72. The van der Waals surface area contributed by atoms with Gasteiger partial charge in [0.15, 0.2) is 0 Å². The van der Waals surface area contributed by atoms with Crippen LogP contribution < -0.4 is 15.4 Å². The first kappa shape index (κ1) is 26.6. The molecule has 3 amide bonds. The number of carbonyl (C=O) groups excluding carboxylic acids is 3. The van der Waals surface area contributed by atoms with Crippen molar-refractivity contribution in [2.45, 2.75) is 69.9 Å². The van der Waals surface area contributed by atoms with Crippen molar-refractivity contribution >= 4 is 23.4 Å². The van der Waals surface area contributed by atoms with Gasteiger partial charge in [0.05, 0.1) is 25.0 Å². The summed E-state index contributed by atoms with van der Waals surface area (Å²) in [5, 5.41) is 6.24. The molecule has 4 aliphatic rings. The average Bonchev–Trinajstić information content (AvgIpc) is 3.59. The molecule has 0 aromatic heterocycles. The molecule has 2 aromatic carbocycles. The molecular weight excluding hydrogens is 506 g/mol. The average molecular weight is 544 g/mol. The molecule has 40 heavy (non-hydrogen) atoms. The molecule has 0 unspecified atom stereocenters.